The third kappa shape index (κ3) is 3.06. The van der Waals surface area contributed by atoms with Gasteiger partial charge in [-0.05, 0) is 19.4 Å². The molecule has 1 saturated heterocycles. The van der Waals surface area contributed by atoms with Gasteiger partial charge < -0.3 is 10.4 Å². The Morgan fingerprint density at radius 3 is 3.09 bits per heavy atom. The van der Waals surface area contributed by atoms with E-state index in [-0.39, 0.29) is 0 Å². The lowest BCUT2D eigenvalue weighted by Crippen LogP contribution is -2.20. The average Bonchev–Trinajstić information content (AvgIpc) is 2.39. The van der Waals surface area contributed by atoms with Crippen LogP contribution in [-0.4, -0.2) is 23.7 Å². The van der Waals surface area contributed by atoms with Crippen molar-refractivity contribution in [1.82, 2.24) is 5.32 Å². The van der Waals surface area contributed by atoms with Crippen LogP contribution in [0.5, 0.6) is 0 Å². The SMILES string of the molecule is O=C(O)C#CCC1CCCN1. The minimum absolute atomic E-state index is 0.418. The van der Waals surface area contributed by atoms with Crippen LogP contribution in [0.2, 0.25) is 0 Å². The fourth-order valence-corrected chi connectivity index (χ4v) is 1.18. The standard InChI is InChI=1S/C8H11NO2/c10-8(11)5-1-3-7-4-2-6-9-7/h7,9H,2-4,6H2,(H,10,11). The zero-order chi connectivity index (χ0) is 8.10. The molecule has 1 rings (SSSR count). The molecular weight excluding hydrogens is 142 g/mol. The molecule has 0 radical (unpaired) electrons. The molecule has 1 atom stereocenters. The summed E-state index contributed by atoms with van der Waals surface area (Å²) < 4.78 is 0. The summed E-state index contributed by atoms with van der Waals surface area (Å²) in [6.07, 6.45) is 2.96. The summed E-state index contributed by atoms with van der Waals surface area (Å²) in [6.45, 7) is 1.04. The molecule has 1 unspecified atom stereocenters. The minimum atomic E-state index is -1.04. The van der Waals surface area contributed by atoms with Gasteiger partial charge in [0.25, 0.3) is 0 Å². The van der Waals surface area contributed by atoms with Crippen LogP contribution < -0.4 is 5.32 Å². The van der Waals surface area contributed by atoms with Crippen molar-refractivity contribution < 1.29 is 9.90 Å². The second-order valence-electron chi connectivity index (χ2n) is 2.60. The number of aliphatic carboxylic acids is 1. The molecule has 3 heteroatoms. The maximum absolute atomic E-state index is 9.98. The third-order valence-corrected chi connectivity index (χ3v) is 1.71. The Labute approximate surface area is 65.8 Å². The van der Waals surface area contributed by atoms with E-state index in [2.05, 4.69) is 17.2 Å². The van der Waals surface area contributed by atoms with Crippen LogP contribution in [0.25, 0.3) is 0 Å². The van der Waals surface area contributed by atoms with Crippen molar-refractivity contribution in [3.05, 3.63) is 0 Å². The summed E-state index contributed by atoms with van der Waals surface area (Å²) in [4.78, 5) is 9.98. The fourth-order valence-electron chi connectivity index (χ4n) is 1.18. The van der Waals surface area contributed by atoms with E-state index in [0.29, 0.717) is 12.5 Å². The third-order valence-electron chi connectivity index (χ3n) is 1.71. The van der Waals surface area contributed by atoms with E-state index in [1.165, 1.54) is 6.42 Å². The Hall–Kier alpha value is -1.01. The van der Waals surface area contributed by atoms with Gasteiger partial charge in [-0.1, -0.05) is 5.92 Å². The lowest BCUT2D eigenvalue weighted by molar-refractivity contribution is -0.130. The van der Waals surface area contributed by atoms with Gasteiger partial charge >= 0.3 is 5.97 Å². The second kappa shape index (κ2) is 3.99. The lowest BCUT2D eigenvalue weighted by atomic mass is 10.2. The van der Waals surface area contributed by atoms with Gasteiger partial charge in [0.05, 0.1) is 0 Å². The van der Waals surface area contributed by atoms with Gasteiger partial charge in [-0.25, -0.2) is 4.79 Å². The highest BCUT2D eigenvalue weighted by molar-refractivity contribution is 5.86. The monoisotopic (exact) mass is 153 g/mol. The molecule has 0 amide bonds. The van der Waals surface area contributed by atoms with Crippen molar-refractivity contribution >= 4 is 5.97 Å². The van der Waals surface area contributed by atoms with Crippen LogP contribution >= 0.6 is 0 Å². The fraction of sp³-hybridized carbons (Fsp3) is 0.625. The number of carbonyl (C=O) groups is 1. The largest absolute Gasteiger partial charge is 0.472 e. The van der Waals surface area contributed by atoms with Gasteiger partial charge in [-0.15, -0.1) is 0 Å². The molecule has 0 spiro atoms. The molecule has 1 aliphatic rings. The topological polar surface area (TPSA) is 49.3 Å². The molecule has 0 aromatic heterocycles. The molecule has 0 aromatic carbocycles. The van der Waals surface area contributed by atoms with Gasteiger partial charge in [0.15, 0.2) is 0 Å². The molecular formula is C8H11NO2. The van der Waals surface area contributed by atoms with Crippen molar-refractivity contribution in [2.24, 2.45) is 0 Å². The van der Waals surface area contributed by atoms with Crippen molar-refractivity contribution in [1.29, 1.82) is 0 Å². The number of hydrogen-bond acceptors (Lipinski definition) is 2. The Morgan fingerprint density at radius 2 is 2.55 bits per heavy atom. The first-order valence-corrected chi connectivity index (χ1v) is 3.74. The van der Waals surface area contributed by atoms with E-state index < -0.39 is 5.97 Å². The number of hydrogen-bond donors (Lipinski definition) is 2. The molecule has 3 nitrogen and oxygen atoms in total. The Morgan fingerprint density at radius 1 is 1.73 bits per heavy atom. The molecule has 0 bridgehead atoms. The number of nitrogens with one attached hydrogen (secondary N) is 1. The Balaban J connectivity index is 2.22. The van der Waals surface area contributed by atoms with E-state index in [9.17, 15) is 4.79 Å². The van der Waals surface area contributed by atoms with Crippen LogP contribution in [0, 0.1) is 11.8 Å². The second-order valence-corrected chi connectivity index (χ2v) is 2.60. The normalized spacial score (nSPS) is 22.4. The van der Waals surface area contributed by atoms with Crippen molar-refractivity contribution in [2.45, 2.75) is 25.3 Å². The molecule has 2 N–H and O–H groups in total. The summed E-state index contributed by atoms with van der Waals surface area (Å²) >= 11 is 0. The molecule has 60 valence electrons. The first-order chi connectivity index (χ1) is 5.29. The molecule has 1 fully saturated rings. The first kappa shape index (κ1) is 8.09. The predicted molar refractivity (Wildman–Crippen MR) is 41.1 cm³/mol. The molecule has 0 aromatic rings. The highest BCUT2D eigenvalue weighted by Crippen LogP contribution is 2.06. The van der Waals surface area contributed by atoms with E-state index in [1.54, 1.807) is 0 Å². The number of carboxylic acid groups (broad SMARTS) is 1. The zero-order valence-electron chi connectivity index (χ0n) is 6.26. The molecule has 0 aliphatic carbocycles. The van der Waals surface area contributed by atoms with E-state index >= 15 is 0 Å². The van der Waals surface area contributed by atoms with Crippen molar-refractivity contribution in [3.8, 4) is 11.8 Å². The zero-order valence-corrected chi connectivity index (χ0v) is 6.26. The average molecular weight is 153 g/mol. The van der Waals surface area contributed by atoms with Gasteiger partial charge in [0.2, 0.25) is 0 Å². The van der Waals surface area contributed by atoms with Gasteiger partial charge in [-0.3, -0.25) is 0 Å². The van der Waals surface area contributed by atoms with E-state index in [1.807, 2.05) is 0 Å². The van der Waals surface area contributed by atoms with Gasteiger partial charge in [-0.2, -0.15) is 0 Å². The van der Waals surface area contributed by atoms with Crippen LogP contribution in [0.4, 0.5) is 0 Å². The summed E-state index contributed by atoms with van der Waals surface area (Å²) in [5.74, 6) is 3.67. The molecule has 11 heavy (non-hydrogen) atoms. The van der Waals surface area contributed by atoms with E-state index in [4.69, 9.17) is 5.11 Å². The van der Waals surface area contributed by atoms with E-state index in [0.717, 1.165) is 13.0 Å². The number of carboxylic acids is 1. The van der Waals surface area contributed by atoms with Crippen LogP contribution in [0.1, 0.15) is 19.3 Å². The summed E-state index contributed by atoms with van der Waals surface area (Å²) in [6, 6.07) is 0.418. The maximum Gasteiger partial charge on any atom is 0.381 e. The van der Waals surface area contributed by atoms with Crippen LogP contribution in [0.15, 0.2) is 0 Å². The maximum atomic E-state index is 9.98. The summed E-state index contributed by atoms with van der Waals surface area (Å²) in [7, 11) is 0. The summed E-state index contributed by atoms with van der Waals surface area (Å²) in [5.41, 5.74) is 0. The molecule has 1 aliphatic heterocycles. The summed E-state index contributed by atoms with van der Waals surface area (Å²) in [5, 5.41) is 11.4. The predicted octanol–water partition coefficient (Wildman–Crippen LogP) is 0.217. The number of rotatable bonds is 1. The van der Waals surface area contributed by atoms with Crippen LogP contribution in [-0.2, 0) is 4.79 Å². The van der Waals surface area contributed by atoms with Crippen molar-refractivity contribution in [2.75, 3.05) is 6.54 Å². The quantitative estimate of drug-likeness (QED) is 0.530. The smallest absolute Gasteiger partial charge is 0.381 e. The highest BCUT2D eigenvalue weighted by atomic mass is 16.4. The lowest BCUT2D eigenvalue weighted by Gasteiger charge is -2.02. The van der Waals surface area contributed by atoms with Crippen LogP contribution in [0.3, 0.4) is 0 Å². The van der Waals surface area contributed by atoms with Gasteiger partial charge in [0, 0.05) is 18.4 Å². The minimum Gasteiger partial charge on any atom is -0.472 e. The Bertz CT molecular complexity index is 196. The molecule has 0 saturated carbocycles. The molecule has 1 heterocycles. The highest BCUT2D eigenvalue weighted by Gasteiger charge is 2.11. The first-order valence-electron chi connectivity index (χ1n) is 3.74. The van der Waals surface area contributed by atoms with Crippen molar-refractivity contribution in [3.63, 3.8) is 0 Å². The Kier molecular flexibility index (Phi) is 2.94. The van der Waals surface area contributed by atoms with Gasteiger partial charge in [0.1, 0.15) is 0 Å².